The van der Waals surface area contributed by atoms with E-state index < -0.39 is 0 Å². The molecule has 2 amide bonds. The Morgan fingerprint density at radius 2 is 2.42 bits per heavy atom. The average molecular weight is 265 g/mol. The van der Waals surface area contributed by atoms with Crippen LogP contribution in [0.5, 0.6) is 5.75 Å². The Kier molecular flexibility index (Phi) is 3.96. The maximum atomic E-state index is 11.9. The van der Waals surface area contributed by atoms with E-state index in [-0.39, 0.29) is 38.1 Å². The molecule has 0 spiro atoms. The molecule has 0 fully saturated rings. The van der Waals surface area contributed by atoms with Crippen molar-refractivity contribution in [2.24, 2.45) is 0 Å². The number of ether oxygens (including phenoxy) is 1. The molecule has 0 bridgehead atoms. The van der Waals surface area contributed by atoms with Crippen molar-refractivity contribution in [2.75, 3.05) is 38.3 Å². The zero-order valence-corrected chi connectivity index (χ0v) is 10.6. The Morgan fingerprint density at radius 1 is 1.63 bits per heavy atom. The summed E-state index contributed by atoms with van der Waals surface area (Å²) < 4.78 is 5.24. The minimum atomic E-state index is -0.308. The van der Waals surface area contributed by atoms with Crippen molar-refractivity contribution in [1.29, 1.82) is 0 Å². The molecule has 0 atom stereocenters. The first kappa shape index (κ1) is 13.3. The number of anilines is 1. The first-order valence-electron chi connectivity index (χ1n) is 5.86. The van der Waals surface area contributed by atoms with Crippen LogP contribution in [0.3, 0.4) is 0 Å². The number of nitrogens with zero attached hydrogens (tertiary/aromatic N) is 3. The molecule has 1 aromatic rings. The normalized spacial score (nSPS) is 13.8. The standard InChI is InChI=1S/C12H15N3O4/c1-14(5-6-16)10(17)7-15-11(18)8-19-9-3-2-4-13-12(9)15/h2-4,16H,5-8H2,1H3. The largest absolute Gasteiger partial charge is 0.480 e. The van der Waals surface area contributed by atoms with Crippen LogP contribution in [0, 0.1) is 0 Å². The van der Waals surface area contributed by atoms with E-state index in [2.05, 4.69) is 4.98 Å². The van der Waals surface area contributed by atoms with Crippen LogP contribution in [0.2, 0.25) is 0 Å². The lowest BCUT2D eigenvalue weighted by molar-refractivity contribution is -0.131. The number of aliphatic hydroxyl groups is 1. The summed E-state index contributed by atoms with van der Waals surface area (Å²) in [6.45, 7) is -0.0982. The predicted octanol–water partition coefficient (Wildman–Crippen LogP) is -0.742. The van der Waals surface area contributed by atoms with Gasteiger partial charge in [-0.1, -0.05) is 0 Å². The van der Waals surface area contributed by atoms with Crippen molar-refractivity contribution in [2.45, 2.75) is 0 Å². The number of hydrogen-bond acceptors (Lipinski definition) is 5. The van der Waals surface area contributed by atoms with Crippen molar-refractivity contribution in [3.05, 3.63) is 18.3 Å². The summed E-state index contributed by atoms with van der Waals surface area (Å²) in [5, 5.41) is 8.79. The second-order valence-corrected chi connectivity index (χ2v) is 4.13. The van der Waals surface area contributed by atoms with Gasteiger partial charge in [0.1, 0.15) is 6.54 Å². The van der Waals surface area contributed by atoms with Gasteiger partial charge >= 0.3 is 0 Å². The minimum Gasteiger partial charge on any atom is -0.480 e. The fraction of sp³-hybridized carbons (Fsp3) is 0.417. The molecule has 1 aliphatic heterocycles. The Hall–Kier alpha value is -2.15. The van der Waals surface area contributed by atoms with Crippen LogP contribution in [0.15, 0.2) is 18.3 Å². The van der Waals surface area contributed by atoms with E-state index in [1.807, 2.05) is 0 Å². The molecule has 0 radical (unpaired) electrons. The second-order valence-electron chi connectivity index (χ2n) is 4.13. The average Bonchev–Trinajstić information content (AvgIpc) is 2.42. The van der Waals surface area contributed by atoms with Gasteiger partial charge in [-0.15, -0.1) is 0 Å². The molecule has 1 aromatic heterocycles. The van der Waals surface area contributed by atoms with Crippen LogP contribution in [-0.4, -0.2) is 60.2 Å². The molecular weight excluding hydrogens is 250 g/mol. The number of aromatic nitrogens is 1. The Labute approximate surface area is 110 Å². The lowest BCUT2D eigenvalue weighted by Crippen LogP contribution is -2.46. The number of hydrogen-bond donors (Lipinski definition) is 1. The van der Waals surface area contributed by atoms with Gasteiger partial charge in [0.25, 0.3) is 5.91 Å². The molecule has 0 unspecified atom stereocenters. The number of pyridine rings is 1. The first-order chi connectivity index (χ1) is 9.13. The highest BCUT2D eigenvalue weighted by atomic mass is 16.5. The molecule has 0 aromatic carbocycles. The van der Waals surface area contributed by atoms with E-state index in [9.17, 15) is 9.59 Å². The monoisotopic (exact) mass is 265 g/mol. The lowest BCUT2D eigenvalue weighted by Gasteiger charge is -2.28. The molecule has 2 heterocycles. The summed E-state index contributed by atoms with van der Waals surface area (Å²) >= 11 is 0. The molecule has 2 rings (SSSR count). The van der Waals surface area contributed by atoms with Gasteiger partial charge in [-0.25, -0.2) is 4.98 Å². The van der Waals surface area contributed by atoms with Crippen LogP contribution >= 0.6 is 0 Å². The summed E-state index contributed by atoms with van der Waals surface area (Å²) in [7, 11) is 1.57. The number of amides is 2. The SMILES string of the molecule is CN(CCO)C(=O)CN1C(=O)COc2cccnc21. The number of rotatable bonds is 4. The molecule has 1 N–H and O–H groups in total. The number of fused-ring (bicyclic) bond motifs is 1. The number of likely N-dealkylation sites (N-methyl/N-ethyl adjacent to an activating group) is 1. The molecule has 19 heavy (non-hydrogen) atoms. The Morgan fingerprint density at radius 3 is 3.16 bits per heavy atom. The highest BCUT2D eigenvalue weighted by Gasteiger charge is 2.29. The van der Waals surface area contributed by atoms with Gasteiger partial charge in [0.05, 0.1) is 6.61 Å². The second kappa shape index (κ2) is 5.66. The van der Waals surface area contributed by atoms with E-state index in [4.69, 9.17) is 9.84 Å². The highest BCUT2D eigenvalue weighted by Crippen LogP contribution is 2.28. The zero-order valence-electron chi connectivity index (χ0n) is 10.6. The van der Waals surface area contributed by atoms with Crippen LogP contribution in [0.4, 0.5) is 5.82 Å². The molecular formula is C12H15N3O4. The van der Waals surface area contributed by atoms with E-state index in [1.54, 1.807) is 19.2 Å². The van der Waals surface area contributed by atoms with Crippen molar-refractivity contribution in [3.8, 4) is 5.75 Å². The maximum Gasteiger partial charge on any atom is 0.266 e. The number of aliphatic hydroxyl groups excluding tert-OH is 1. The van der Waals surface area contributed by atoms with Crippen molar-refractivity contribution >= 4 is 17.6 Å². The smallest absolute Gasteiger partial charge is 0.266 e. The van der Waals surface area contributed by atoms with Gasteiger partial charge in [-0.05, 0) is 12.1 Å². The fourth-order valence-electron chi connectivity index (χ4n) is 1.73. The quantitative estimate of drug-likeness (QED) is 0.775. The van der Waals surface area contributed by atoms with E-state index in [0.717, 1.165) is 0 Å². The number of carbonyl (C=O) groups is 2. The van der Waals surface area contributed by atoms with Crippen LogP contribution in [0.25, 0.3) is 0 Å². The van der Waals surface area contributed by atoms with Gasteiger partial charge in [0.2, 0.25) is 5.91 Å². The highest BCUT2D eigenvalue weighted by molar-refractivity contribution is 6.01. The molecule has 1 aliphatic rings. The molecule has 0 saturated carbocycles. The first-order valence-corrected chi connectivity index (χ1v) is 5.86. The van der Waals surface area contributed by atoms with Crippen LogP contribution in [0.1, 0.15) is 0 Å². The van der Waals surface area contributed by atoms with Gasteiger partial charge < -0.3 is 14.7 Å². The summed E-state index contributed by atoms with van der Waals surface area (Å²) in [5.74, 6) is 0.266. The Balaban J connectivity index is 2.15. The van der Waals surface area contributed by atoms with Gasteiger partial charge in [-0.2, -0.15) is 0 Å². The predicted molar refractivity (Wildman–Crippen MR) is 66.8 cm³/mol. The van der Waals surface area contributed by atoms with Crippen molar-refractivity contribution in [1.82, 2.24) is 9.88 Å². The molecule has 7 heteroatoms. The third-order valence-corrected chi connectivity index (χ3v) is 2.81. The summed E-state index contributed by atoms with van der Waals surface area (Å²) in [6.07, 6.45) is 1.54. The maximum absolute atomic E-state index is 11.9. The van der Waals surface area contributed by atoms with Gasteiger partial charge in [-0.3, -0.25) is 14.5 Å². The number of carbonyl (C=O) groups excluding carboxylic acids is 2. The zero-order chi connectivity index (χ0) is 13.8. The summed E-state index contributed by atoms with van der Waals surface area (Å²) in [6, 6.07) is 3.40. The Bertz CT molecular complexity index is 492. The summed E-state index contributed by atoms with van der Waals surface area (Å²) in [5.41, 5.74) is 0. The minimum absolute atomic E-state index is 0.102. The van der Waals surface area contributed by atoms with E-state index >= 15 is 0 Å². The third-order valence-electron chi connectivity index (χ3n) is 2.81. The van der Waals surface area contributed by atoms with E-state index in [0.29, 0.717) is 11.6 Å². The molecule has 0 saturated heterocycles. The lowest BCUT2D eigenvalue weighted by atomic mass is 10.3. The summed E-state index contributed by atoms with van der Waals surface area (Å²) in [4.78, 5) is 30.5. The van der Waals surface area contributed by atoms with Crippen LogP contribution in [-0.2, 0) is 9.59 Å². The van der Waals surface area contributed by atoms with Crippen molar-refractivity contribution in [3.63, 3.8) is 0 Å². The fourth-order valence-corrected chi connectivity index (χ4v) is 1.73. The van der Waals surface area contributed by atoms with Crippen molar-refractivity contribution < 1.29 is 19.4 Å². The third kappa shape index (κ3) is 2.82. The molecule has 102 valence electrons. The molecule has 7 nitrogen and oxygen atoms in total. The van der Waals surface area contributed by atoms with Gasteiger partial charge in [0, 0.05) is 19.8 Å². The molecule has 0 aliphatic carbocycles. The van der Waals surface area contributed by atoms with Crippen LogP contribution < -0.4 is 9.64 Å². The topological polar surface area (TPSA) is 83.0 Å². The van der Waals surface area contributed by atoms with Gasteiger partial charge in [0.15, 0.2) is 18.2 Å². The van der Waals surface area contributed by atoms with E-state index in [1.165, 1.54) is 16.0 Å².